The molecule has 1 nitrogen and oxygen atoms in total. The van der Waals surface area contributed by atoms with Crippen LogP contribution in [0.5, 0.6) is 0 Å². The van der Waals surface area contributed by atoms with E-state index >= 15 is 0 Å². The maximum absolute atomic E-state index is 13.7. The lowest BCUT2D eigenvalue weighted by molar-refractivity contribution is 0.215. The Morgan fingerprint density at radius 1 is 1.16 bits per heavy atom. The zero-order valence-electron chi connectivity index (χ0n) is 10.7. The molecule has 3 heteroatoms. The fraction of sp³-hybridized carbons (Fsp3) is 0.250. The second-order valence-corrected chi connectivity index (χ2v) is 5.00. The molecule has 0 bridgehead atoms. The SMILES string of the molecule is CCCc1ccc(C(O)c2ccc(Cl)cc2F)cc1. The fourth-order valence-electron chi connectivity index (χ4n) is 2.06. The van der Waals surface area contributed by atoms with Gasteiger partial charge in [-0.05, 0) is 29.7 Å². The van der Waals surface area contributed by atoms with E-state index in [4.69, 9.17) is 11.6 Å². The molecule has 2 aromatic carbocycles. The predicted octanol–water partition coefficient (Wildman–Crippen LogP) is 4.51. The number of rotatable bonds is 4. The van der Waals surface area contributed by atoms with Crippen molar-refractivity contribution < 1.29 is 9.50 Å². The normalized spacial score (nSPS) is 12.4. The first-order valence-electron chi connectivity index (χ1n) is 6.33. The lowest BCUT2D eigenvalue weighted by Gasteiger charge is -2.13. The smallest absolute Gasteiger partial charge is 0.130 e. The molecule has 0 saturated carbocycles. The Morgan fingerprint density at radius 2 is 1.84 bits per heavy atom. The van der Waals surface area contributed by atoms with Gasteiger partial charge in [-0.1, -0.05) is 55.3 Å². The molecule has 0 fully saturated rings. The summed E-state index contributed by atoms with van der Waals surface area (Å²) in [6, 6.07) is 11.9. The molecule has 1 atom stereocenters. The van der Waals surface area contributed by atoms with E-state index in [1.54, 1.807) is 6.07 Å². The highest BCUT2D eigenvalue weighted by Gasteiger charge is 2.15. The van der Waals surface area contributed by atoms with E-state index in [2.05, 4.69) is 6.92 Å². The minimum absolute atomic E-state index is 0.243. The summed E-state index contributed by atoms with van der Waals surface area (Å²) < 4.78 is 13.7. The van der Waals surface area contributed by atoms with Gasteiger partial charge in [0.25, 0.3) is 0 Å². The summed E-state index contributed by atoms with van der Waals surface area (Å²) in [5.74, 6) is -0.488. The van der Waals surface area contributed by atoms with Crippen LogP contribution in [-0.4, -0.2) is 5.11 Å². The summed E-state index contributed by atoms with van der Waals surface area (Å²) >= 11 is 5.70. The maximum Gasteiger partial charge on any atom is 0.130 e. The van der Waals surface area contributed by atoms with Crippen molar-refractivity contribution in [1.82, 2.24) is 0 Å². The number of halogens is 2. The monoisotopic (exact) mass is 278 g/mol. The van der Waals surface area contributed by atoms with Crippen molar-refractivity contribution in [3.8, 4) is 0 Å². The summed E-state index contributed by atoms with van der Waals surface area (Å²) in [6.07, 6.45) is 1.12. The lowest BCUT2D eigenvalue weighted by Crippen LogP contribution is -2.02. The quantitative estimate of drug-likeness (QED) is 0.872. The molecule has 19 heavy (non-hydrogen) atoms. The zero-order chi connectivity index (χ0) is 13.8. The van der Waals surface area contributed by atoms with Crippen molar-refractivity contribution in [1.29, 1.82) is 0 Å². The molecule has 1 N–H and O–H groups in total. The number of aryl methyl sites for hydroxylation is 1. The molecule has 2 aromatic rings. The Balaban J connectivity index is 2.25. The van der Waals surface area contributed by atoms with Crippen molar-refractivity contribution in [3.05, 3.63) is 70.0 Å². The summed E-state index contributed by atoms with van der Waals surface area (Å²) in [7, 11) is 0. The Morgan fingerprint density at radius 3 is 2.42 bits per heavy atom. The van der Waals surface area contributed by atoms with Crippen LogP contribution in [0.25, 0.3) is 0 Å². The second kappa shape index (κ2) is 6.18. The molecule has 0 spiro atoms. The van der Waals surface area contributed by atoms with Gasteiger partial charge in [-0.3, -0.25) is 0 Å². The highest BCUT2D eigenvalue weighted by molar-refractivity contribution is 6.30. The predicted molar refractivity (Wildman–Crippen MR) is 75.9 cm³/mol. The van der Waals surface area contributed by atoms with Gasteiger partial charge in [0.1, 0.15) is 11.9 Å². The van der Waals surface area contributed by atoms with Crippen LogP contribution in [0.2, 0.25) is 5.02 Å². The average molecular weight is 279 g/mol. The number of hydrogen-bond acceptors (Lipinski definition) is 1. The minimum Gasteiger partial charge on any atom is -0.384 e. The van der Waals surface area contributed by atoms with Crippen molar-refractivity contribution in [2.75, 3.05) is 0 Å². The number of hydrogen-bond donors (Lipinski definition) is 1. The van der Waals surface area contributed by atoms with E-state index in [-0.39, 0.29) is 5.56 Å². The van der Waals surface area contributed by atoms with Gasteiger partial charge in [-0.15, -0.1) is 0 Å². The zero-order valence-corrected chi connectivity index (χ0v) is 11.5. The first kappa shape index (κ1) is 14.0. The third kappa shape index (κ3) is 3.34. The van der Waals surface area contributed by atoms with Crippen molar-refractivity contribution in [2.24, 2.45) is 0 Å². The molecule has 0 radical (unpaired) electrons. The minimum atomic E-state index is -0.965. The molecular weight excluding hydrogens is 263 g/mol. The highest BCUT2D eigenvalue weighted by Crippen LogP contribution is 2.26. The Kier molecular flexibility index (Phi) is 4.56. The van der Waals surface area contributed by atoms with Crippen LogP contribution in [0.15, 0.2) is 42.5 Å². The van der Waals surface area contributed by atoms with Crippen LogP contribution < -0.4 is 0 Å². The highest BCUT2D eigenvalue weighted by atomic mass is 35.5. The lowest BCUT2D eigenvalue weighted by atomic mass is 9.99. The molecule has 0 amide bonds. The molecule has 0 aliphatic carbocycles. The van der Waals surface area contributed by atoms with E-state index < -0.39 is 11.9 Å². The third-order valence-electron chi connectivity index (χ3n) is 3.09. The first-order valence-corrected chi connectivity index (χ1v) is 6.71. The second-order valence-electron chi connectivity index (χ2n) is 4.56. The van der Waals surface area contributed by atoms with Crippen molar-refractivity contribution >= 4 is 11.6 Å². The van der Waals surface area contributed by atoms with Crippen LogP contribution in [0, 0.1) is 5.82 Å². The van der Waals surface area contributed by atoms with Crippen LogP contribution in [0.3, 0.4) is 0 Å². The summed E-state index contributed by atoms with van der Waals surface area (Å²) in [5.41, 5.74) is 2.14. The summed E-state index contributed by atoms with van der Waals surface area (Å²) in [4.78, 5) is 0. The number of benzene rings is 2. The van der Waals surface area contributed by atoms with Gasteiger partial charge < -0.3 is 5.11 Å². The third-order valence-corrected chi connectivity index (χ3v) is 3.33. The molecule has 0 aliphatic rings. The Bertz CT molecular complexity index is 551. The first-order chi connectivity index (χ1) is 9.11. The maximum atomic E-state index is 13.7. The van der Waals surface area contributed by atoms with Crippen LogP contribution in [0.4, 0.5) is 4.39 Å². The number of aliphatic hydroxyl groups excluding tert-OH is 1. The van der Waals surface area contributed by atoms with Gasteiger partial charge in [0.2, 0.25) is 0 Å². The van der Waals surface area contributed by atoms with Crippen LogP contribution in [0.1, 0.15) is 36.1 Å². The van der Waals surface area contributed by atoms with E-state index in [0.29, 0.717) is 10.6 Å². The molecule has 2 rings (SSSR count). The molecule has 1 unspecified atom stereocenters. The van der Waals surface area contributed by atoms with Crippen LogP contribution in [-0.2, 0) is 6.42 Å². The van der Waals surface area contributed by atoms with Gasteiger partial charge in [0.15, 0.2) is 0 Å². The van der Waals surface area contributed by atoms with Gasteiger partial charge in [-0.25, -0.2) is 4.39 Å². The van der Waals surface area contributed by atoms with E-state index in [1.165, 1.54) is 17.7 Å². The molecule has 100 valence electrons. The van der Waals surface area contributed by atoms with Gasteiger partial charge in [0, 0.05) is 10.6 Å². The van der Waals surface area contributed by atoms with Gasteiger partial charge in [-0.2, -0.15) is 0 Å². The van der Waals surface area contributed by atoms with Crippen molar-refractivity contribution in [2.45, 2.75) is 25.9 Å². The summed E-state index contributed by atoms with van der Waals surface area (Å²) in [6.45, 7) is 2.12. The van der Waals surface area contributed by atoms with E-state index in [0.717, 1.165) is 12.8 Å². The van der Waals surface area contributed by atoms with E-state index in [9.17, 15) is 9.50 Å². The van der Waals surface area contributed by atoms with E-state index in [1.807, 2.05) is 24.3 Å². The van der Waals surface area contributed by atoms with Crippen molar-refractivity contribution in [3.63, 3.8) is 0 Å². The standard InChI is InChI=1S/C16H16ClFO/c1-2-3-11-4-6-12(7-5-11)16(19)14-9-8-13(17)10-15(14)18/h4-10,16,19H,2-3H2,1H3. The molecule has 0 heterocycles. The Labute approximate surface area is 117 Å². The summed E-state index contributed by atoms with van der Waals surface area (Å²) in [5, 5.41) is 10.5. The fourth-order valence-corrected chi connectivity index (χ4v) is 2.22. The largest absolute Gasteiger partial charge is 0.384 e. The van der Waals surface area contributed by atoms with Gasteiger partial charge >= 0.3 is 0 Å². The molecule has 0 aromatic heterocycles. The topological polar surface area (TPSA) is 20.2 Å². The molecular formula is C16H16ClFO. The molecule has 0 aliphatic heterocycles. The Hall–Kier alpha value is -1.38. The van der Waals surface area contributed by atoms with Crippen LogP contribution >= 0.6 is 11.6 Å². The van der Waals surface area contributed by atoms with Gasteiger partial charge in [0.05, 0.1) is 0 Å². The molecule has 0 saturated heterocycles. The average Bonchev–Trinajstić information content (AvgIpc) is 2.39. The number of aliphatic hydroxyl groups is 1.